The monoisotopic (exact) mass is 256 g/mol. The van der Waals surface area contributed by atoms with E-state index in [1.54, 1.807) is 0 Å². The van der Waals surface area contributed by atoms with Crippen molar-refractivity contribution in [1.82, 2.24) is 5.32 Å². The summed E-state index contributed by atoms with van der Waals surface area (Å²) in [6.45, 7) is 8.26. The van der Waals surface area contributed by atoms with Crippen LogP contribution in [0.3, 0.4) is 0 Å². The molecule has 1 heterocycles. The zero-order valence-corrected chi connectivity index (χ0v) is 11.1. The van der Waals surface area contributed by atoms with Crippen LogP contribution >= 0.6 is 0 Å². The lowest BCUT2D eigenvalue weighted by Gasteiger charge is -2.47. The van der Waals surface area contributed by atoms with Crippen molar-refractivity contribution in [3.8, 4) is 0 Å². The molecule has 0 spiro atoms. The zero-order valence-electron chi connectivity index (χ0n) is 11.1. The molecule has 3 aliphatic rings. The van der Waals surface area contributed by atoms with Crippen molar-refractivity contribution in [2.75, 3.05) is 0 Å². The molecular weight excluding hydrogens is 232 g/mol. The Morgan fingerprint density at radius 3 is 2.89 bits per heavy atom. The molecule has 2 unspecified atom stereocenters. The van der Waals surface area contributed by atoms with E-state index in [9.17, 15) is 0 Å². The molecule has 3 N–H and O–H groups in total. The summed E-state index contributed by atoms with van der Waals surface area (Å²) < 4.78 is 0. The molecule has 0 saturated carbocycles. The van der Waals surface area contributed by atoms with Gasteiger partial charge in [0, 0.05) is 17.3 Å². The maximum atomic E-state index is 6.76. The number of rotatable bonds is 0. The van der Waals surface area contributed by atoms with Gasteiger partial charge in [0.15, 0.2) is 0 Å². The first-order valence-electron chi connectivity index (χ1n) is 6.55. The van der Waals surface area contributed by atoms with Gasteiger partial charge in [-0.3, -0.25) is 0 Å². The average Bonchev–Trinajstić information content (AvgIpc) is 2.26. The number of nitrogens with one attached hydrogen (secondary N) is 1. The summed E-state index contributed by atoms with van der Waals surface area (Å²) in [5, 5.41) is 3.39. The van der Waals surface area contributed by atoms with Gasteiger partial charge in [-0.05, 0) is 43.9 Å². The molecule has 102 valence electrons. The van der Waals surface area contributed by atoms with Gasteiger partial charge >= 0.3 is 0 Å². The Kier molecular flexibility index (Phi) is 3.31. The summed E-state index contributed by atoms with van der Waals surface area (Å²) in [6, 6.07) is 0. The third kappa shape index (κ3) is 1.91. The minimum absolute atomic E-state index is 0. The summed E-state index contributed by atoms with van der Waals surface area (Å²) in [5.41, 5.74) is 12.7. The van der Waals surface area contributed by atoms with E-state index in [4.69, 9.17) is 5.73 Å². The summed E-state index contributed by atoms with van der Waals surface area (Å²) in [7, 11) is 0. The van der Waals surface area contributed by atoms with Gasteiger partial charge in [-0.2, -0.15) is 0 Å². The molecule has 0 saturated heterocycles. The Balaban J connectivity index is 0.00000133. The second-order valence-electron chi connectivity index (χ2n) is 5.59. The highest BCUT2D eigenvalue weighted by Gasteiger charge is 2.44. The van der Waals surface area contributed by atoms with E-state index in [0.717, 1.165) is 18.5 Å². The van der Waals surface area contributed by atoms with E-state index in [1.807, 2.05) is 6.08 Å². The van der Waals surface area contributed by atoms with Crippen LogP contribution in [0.1, 0.15) is 34.1 Å². The molecule has 2 nitrogen and oxygen atoms in total. The van der Waals surface area contributed by atoms with Gasteiger partial charge in [-0.1, -0.05) is 37.8 Å². The van der Waals surface area contributed by atoms with E-state index in [2.05, 4.69) is 44.0 Å². The number of fused-ring (bicyclic) bond motifs is 3. The van der Waals surface area contributed by atoms with Crippen LogP contribution in [0.15, 0.2) is 59.0 Å². The van der Waals surface area contributed by atoms with E-state index in [-0.39, 0.29) is 13.0 Å². The molecule has 19 heavy (non-hydrogen) atoms. The van der Waals surface area contributed by atoms with Crippen LogP contribution in [0.2, 0.25) is 0 Å². The molecule has 0 aromatic carbocycles. The van der Waals surface area contributed by atoms with Crippen LogP contribution in [-0.2, 0) is 0 Å². The molecule has 0 aromatic heterocycles. The minimum Gasteiger partial charge on any atom is -0.359 e. The first-order chi connectivity index (χ1) is 8.54. The highest BCUT2D eigenvalue weighted by Crippen LogP contribution is 2.48. The smallest absolute Gasteiger partial charge is 0.0685 e. The molecule has 0 amide bonds. The fraction of sp³-hybridized carbons (Fsp3) is 0.412. The number of dihydropyridines is 1. The molecular formula is C17H24N2. The largest absolute Gasteiger partial charge is 0.359 e. The van der Waals surface area contributed by atoms with Crippen LogP contribution in [0.25, 0.3) is 0 Å². The van der Waals surface area contributed by atoms with Crippen molar-refractivity contribution >= 4 is 0 Å². The number of nitrogens with two attached hydrogens (primary N) is 1. The zero-order chi connectivity index (χ0) is 12.9. The number of allylic oxidation sites excluding steroid dienone is 4. The summed E-state index contributed by atoms with van der Waals surface area (Å²) in [4.78, 5) is 0. The Morgan fingerprint density at radius 2 is 2.21 bits per heavy atom. The van der Waals surface area contributed by atoms with E-state index >= 15 is 0 Å². The van der Waals surface area contributed by atoms with Crippen molar-refractivity contribution in [2.45, 2.75) is 39.7 Å². The van der Waals surface area contributed by atoms with Crippen LogP contribution in [0, 0.1) is 5.92 Å². The van der Waals surface area contributed by atoms with E-state index in [1.165, 1.54) is 22.4 Å². The normalized spacial score (nSPS) is 34.5. The van der Waals surface area contributed by atoms with Crippen LogP contribution in [0.5, 0.6) is 0 Å². The van der Waals surface area contributed by atoms with Crippen molar-refractivity contribution in [3.63, 3.8) is 0 Å². The lowest BCUT2D eigenvalue weighted by molar-refractivity contribution is 0.449. The lowest BCUT2D eigenvalue weighted by Crippen LogP contribution is -2.52. The Labute approximate surface area is 116 Å². The molecule has 2 bridgehead atoms. The Morgan fingerprint density at radius 1 is 1.47 bits per heavy atom. The Bertz CT molecular complexity index is 546. The van der Waals surface area contributed by atoms with E-state index < -0.39 is 0 Å². The second kappa shape index (κ2) is 4.53. The van der Waals surface area contributed by atoms with Gasteiger partial charge in [0.2, 0.25) is 0 Å². The van der Waals surface area contributed by atoms with Gasteiger partial charge in [0.1, 0.15) is 0 Å². The van der Waals surface area contributed by atoms with Gasteiger partial charge in [0.05, 0.1) is 5.54 Å². The predicted octanol–water partition coefficient (Wildman–Crippen LogP) is 3.56. The van der Waals surface area contributed by atoms with Gasteiger partial charge in [0.25, 0.3) is 0 Å². The lowest BCUT2D eigenvalue weighted by atomic mass is 9.63. The predicted molar refractivity (Wildman–Crippen MR) is 82.3 cm³/mol. The SMILES string of the molecule is C.C=C1C=CC2=C(CC3C=C(C)CC2(N)/C3=C/C)N1. The van der Waals surface area contributed by atoms with Crippen molar-refractivity contribution < 1.29 is 0 Å². The van der Waals surface area contributed by atoms with Gasteiger partial charge in [-0.15, -0.1) is 0 Å². The first kappa shape index (κ1) is 13.9. The molecule has 2 atom stereocenters. The fourth-order valence-corrected chi connectivity index (χ4v) is 3.64. The van der Waals surface area contributed by atoms with Crippen LogP contribution in [-0.4, -0.2) is 5.54 Å². The number of hydrogen-bond donors (Lipinski definition) is 2. The molecule has 3 rings (SSSR count). The van der Waals surface area contributed by atoms with Crippen LogP contribution in [0.4, 0.5) is 0 Å². The maximum absolute atomic E-state index is 6.76. The van der Waals surface area contributed by atoms with Crippen LogP contribution < -0.4 is 11.1 Å². The quantitative estimate of drug-likeness (QED) is 0.650. The Hall–Kier alpha value is -1.54. The third-order valence-electron chi connectivity index (χ3n) is 4.26. The standard InChI is InChI=1S/C16H20N2.CH4/c1-4-13-12-7-10(2)9-16(13,17)14-6-5-11(3)18-15(14)8-12;/h4-7,12,18H,3,8-9,17H2,1-2H3;1H4/b13-4+;. The molecule has 2 heteroatoms. The maximum Gasteiger partial charge on any atom is 0.0685 e. The minimum atomic E-state index is -0.323. The highest BCUT2D eigenvalue weighted by atomic mass is 14.9. The summed E-state index contributed by atoms with van der Waals surface area (Å²) in [5.74, 6) is 0.444. The second-order valence-corrected chi connectivity index (χ2v) is 5.59. The third-order valence-corrected chi connectivity index (χ3v) is 4.26. The highest BCUT2D eigenvalue weighted by molar-refractivity contribution is 5.56. The van der Waals surface area contributed by atoms with Crippen molar-refractivity contribution in [2.24, 2.45) is 11.7 Å². The van der Waals surface area contributed by atoms with E-state index in [0.29, 0.717) is 5.92 Å². The van der Waals surface area contributed by atoms with Gasteiger partial charge in [-0.25, -0.2) is 0 Å². The first-order valence-corrected chi connectivity index (χ1v) is 6.55. The average molecular weight is 256 g/mol. The topological polar surface area (TPSA) is 38.0 Å². The molecule has 0 fully saturated rings. The van der Waals surface area contributed by atoms with Crippen molar-refractivity contribution in [3.05, 3.63) is 59.0 Å². The summed E-state index contributed by atoms with van der Waals surface area (Å²) >= 11 is 0. The molecule has 2 aliphatic carbocycles. The molecule has 0 aromatic rings. The molecule has 1 aliphatic heterocycles. The molecule has 0 radical (unpaired) electrons. The van der Waals surface area contributed by atoms with Crippen molar-refractivity contribution in [1.29, 1.82) is 0 Å². The summed E-state index contributed by atoms with van der Waals surface area (Å²) in [6.07, 6.45) is 10.7. The fourth-order valence-electron chi connectivity index (χ4n) is 3.64. The number of hydrogen-bond acceptors (Lipinski definition) is 2. The van der Waals surface area contributed by atoms with Gasteiger partial charge < -0.3 is 11.1 Å².